The van der Waals surface area contributed by atoms with Gasteiger partial charge in [0.25, 0.3) is 0 Å². The van der Waals surface area contributed by atoms with Crippen molar-refractivity contribution in [3.8, 4) is 0 Å². The van der Waals surface area contributed by atoms with Crippen LogP contribution in [0.1, 0.15) is 24.4 Å². The summed E-state index contributed by atoms with van der Waals surface area (Å²) in [5, 5.41) is 3.35. The van der Waals surface area contributed by atoms with Crippen molar-refractivity contribution < 1.29 is 0 Å². The number of nitrogens with zero attached hydrogens (tertiary/aromatic N) is 4. The van der Waals surface area contributed by atoms with Gasteiger partial charge in [-0.25, -0.2) is 15.0 Å². The van der Waals surface area contributed by atoms with Crippen molar-refractivity contribution in [2.24, 2.45) is 0 Å². The van der Waals surface area contributed by atoms with Crippen LogP contribution in [-0.4, -0.2) is 19.5 Å². The van der Waals surface area contributed by atoms with Crippen molar-refractivity contribution >= 4 is 32.9 Å². The van der Waals surface area contributed by atoms with Crippen LogP contribution in [0.15, 0.2) is 41.4 Å². The Morgan fingerprint density at radius 3 is 2.71 bits per heavy atom. The minimum Gasteiger partial charge on any atom is -0.364 e. The maximum absolute atomic E-state index is 4.47. The van der Waals surface area contributed by atoms with Crippen LogP contribution in [-0.2, 0) is 6.54 Å². The van der Waals surface area contributed by atoms with Gasteiger partial charge in [-0.1, -0.05) is 28.1 Å². The Morgan fingerprint density at radius 2 is 1.95 bits per heavy atom. The smallest absolute Gasteiger partial charge is 0.165 e. The SMILES string of the molecule is Brc1ccc(CNc2ncnc3c2ncn3C2CC2)cc1. The second kappa shape index (κ2) is 5.11. The molecule has 3 aromatic rings. The van der Waals surface area contributed by atoms with Crippen molar-refractivity contribution in [3.63, 3.8) is 0 Å². The Kier molecular flexibility index (Phi) is 3.11. The van der Waals surface area contributed by atoms with E-state index >= 15 is 0 Å². The first-order valence-electron chi connectivity index (χ1n) is 6.97. The average Bonchev–Trinajstić information content (AvgIpc) is 3.26. The maximum atomic E-state index is 4.47. The molecule has 21 heavy (non-hydrogen) atoms. The summed E-state index contributed by atoms with van der Waals surface area (Å²) in [5.41, 5.74) is 2.97. The lowest BCUT2D eigenvalue weighted by Crippen LogP contribution is -2.03. The molecule has 4 rings (SSSR count). The summed E-state index contributed by atoms with van der Waals surface area (Å²) in [5.74, 6) is 0.794. The van der Waals surface area contributed by atoms with Crippen LogP contribution in [0.25, 0.3) is 11.2 Å². The van der Waals surface area contributed by atoms with Gasteiger partial charge >= 0.3 is 0 Å². The third kappa shape index (κ3) is 2.51. The van der Waals surface area contributed by atoms with E-state index in [4.69, 9.17) is 0 Å². The van der Waals surface area contributed by atoms with E-state index in [1.54, 1.807) is 6.33 Å². The van der Waals surface area contributed by atoms with E-state index < -0.39 is 0 Å². The molecule has 0 saturated heterocycles. The normalized spacial score (nSPS) is 14.5. The number of benzene rings is 1. The highest BCUT2D eigenvalue weighted by molar-refractivity contribution is 9.10. The molecular formula is C15H14BrN5. The number of rotatable bonds is 4. The number of anilines is 1. The third-order valence-corrected chi connectivity index (χ3v) is 4.20. The fraction of sp³-hybridized carbons (Fsp3) is 0.267. The van der Waals surface area contributed by atoms with Crippen LogP contribution >= 0.6 is 15.9 Å². The zero-order chi connectivity index (χ0) is 14.2. The number of fused-ring (bicyclic) bond motifs is 1. The van der Waals surface area contributed by atoms with Crippen molar-refractivity contribution in [2.75, 3.05) is 5.32 Å². The summed E-state index contributed by atoms with van der Waals surface area (Å²) in [6.07, 6.45) is 5.92. The van der Waals surface area contributed by atoms with Crippen molar-refractivity contribution in [2.45, 2.75) is 25.4 Å². The fourth-order valence-corrected chi connectivity index (χ4v) is 2.65. The van der Waals surface area contributed by atoms with E-state index in [1.807, 2.05) is 18.5 Å². The number of hydrogen-bond acceptors (Lipinski definition) is 4. The topological polar surface area (TPSA) is 55.6 Å². The molecule has 1 aromatic carbocycles. The molecular weight excluding hydrogens is 330 g/mol. The summed E-state index contributed by atoms with van der Waals surface area (Å²) in [6.45, 7) is 0.718. The van der Waals surface area contributed by atoms with E-state index in [1.165, 1.54) is 18.4 Å². The minimum absolute atomic E-state index is 0.573. The molecule has 0 aliphatic heterocycles. The lowest BCUT2D eigenvalue weighted by molar-refractivity contribution is 0.756. The maximum Gasteiger partial charge on any atom is 0.165 e. The predicted molar refractivity (Wildman–Crippen MR) is 85.1 cm³/mol. The molecule has 2 heterocycles. The lowest BCUT2D eigenvalue weighted by atomic mass is 10.2. The summed E-state index contributed by atoms with van der Waals surface area (Å²) in [7, 11) is 0. The molecule has 1 N–H and O–H groups in total. The molecule has 6 heteroatoms. The second-order valence-electron chi connectivity index (χ2n) is 5.26. The van der Waals surface area contributed by atoms with Crippen LogP contribution < -0.4 is 5.32 Å². The standard InChI is InChI=1S/C15H14BrN5/c16-11-3-1-10(2-4-11)7-17-14-13-15(19-8-18-14)21(9-20-13)12-5-6-12/h1-4,8-9,12H,5-7H2,(H,17,18,19). The van der Waals surface area contributed by atoms with Crippen LogP contribution in [0, 0.1) is 0 Å². The predicted octanol–water partition coefficient (Wildman–Crippen LogP) is 3.54. The molecule has 0 amide bonds. The molecule has 1 saturated carbocycles. The minimum atomic E-state index is 0.573. The summed E-state index contributed by atoms with van der Waals surface area (Å²) in [4.78, 5) is 13.2. The van der Waals surface area contributed by atoms with Gasteiger partial charge in [0.05, 0.1) is 6.33 Å². The van der Waals surface area contributed by atoms with E-state index in [0.29, 0.717) is 6.04 Å². The Labute approximate surface area is 130 Å². The van der Waals surface area contributed by atoms with Crippen molar-refractivity contribution in [1.82, 2.24) is 19.5 Å². The monoisotopic (exact) mass is 343 g/mol. The van der Waals surface area contributed by atoms with Crippen LogP contribution in [0.4, 0.5) is 5.82 Å². The first kappa shape index (κ1) is 12.8. The second-order valence-corrected chi connectivity index (χ2v) is 6.17. The van der Waals surface area contributed by atoms with Crippen LogP contribution in [0.2, 0.25) is 0 Å². The first-order valence-corrected chi connectivity index (χ1v) is 7.76. The average molecular weight is 344 g/mol. The van der Waals surface area contributed by atoms with Gasteiger partial charge in [-0.05, 0) is 30.5 Å². The van der Waals surface area contributed by atoms with Crippen molar-refractivity contribution in [1.29, 1.82) is 0 Å². The molecule has 0 radical (unpaired) electrons. The van der Waals surface area contributed by atoms with Gasteiger partial charge in [0, 0.05) is 17.1 Å². The van der Waals surface area contributed by atoms with Gasteiger partial charge in [-0.3, -0.25) is 0 Å². The van der Waals surface area contributed by atoms with Crippen LogP contribution in [0.3, 0.4) is 0 Å². The number of imidazole rings is 1. The number of halogens is 1. The van der Waals surface area contributed by atoms with Gasteiger partial charge in [0.1, 0.15) is 11.8 Å². The third-order valence-electron chi connectivity index (χ3n) is 3.67. The molecule has 2 aromatic heterocycles. The molecule has 1 aliphatic carbocycles. The Hall–Kier alpha value is -1.95. The first-order chi connectivity index (χ1) is 10.3. The molecule has 0 unspecified atom stereocenters. The Balaban J connectivity index is 1.60. The quantitative estimate of drug-likeness (QED) is 0.787. The molecule has 0 atom stereocenters. The van der Waals surface area contributed by atoms with E-state index in [9.17, 15) is 0 Å². The highest BCUT2D eigenvalue weighted by Gasteiger charge is 2.26. The molecule has 106 valence electrons. The lowest BCUT2D eigenvalue weighted by Gasteiger charge is -2.06. The van der Waals surface area contributed by atoms with Gasteiger partial charge in [0.15, 0.2) is 11.5 Å². The fourth-order valence-electron chi connectivity index (χ4n) is 2.39. The summed E-state index contributed by atoms with van der Waals surface area (Å²) in [6, 6.07) is 8.81. The van der Waals surface area contributed by atoms with Gasteiger partial charge in [-0.2, -0.15) is 0 Å². The molecule has 0 bridgehead atoms. The van der Waals surface area contributed by atoms with Gasteiger partial charge in [-0.15, -0.1) is 0 Å². The zero-order valence-corrected chi connectivity index (χ0v) is 12.9. The van der Waals surface area contributed by atoms with Gasteiger partial charge < -0.3 is 9.88 Å². The number of nitrogens with one attached hydrogen (secondary N) is 1. The van der Waals surface area contributed by atoms with E-state index in [2.05, 4.69) is 52.9 Å². The summed E-state index contributed by atoms with van der Waals surface area (Å²) >= 11 is 3.44. The Morgan fingerprint density at radius 1 is 1.14 bits per heavy atom. The zero-order valence-electron chi connectivity index (χ0n) is 11.3. The number of aromatic nitrogens is 4. The number of hydrogen-bond donors (Lipinski definition) is 1. The van der Waals surface area contributed by atoms with Crippen LogP contribution in [0.5, 0.6) is 0 Å². The van der Waals surface area contributed by atoms with E-state index in [0.717, 1.165) is 28.0 Å². The highest BCUT2D eigenvalue weighted by atomic mass is 79.9. The summed E-state index contributed by atoms with van der Waals surface area (Å²) < 4.78 is 3.24. The molecule has 0 spiro atoms. The molecule has 5 nitrogen and oxygen atoms in total. The largest absolute Gasteiger partial charge is 0.364 e. The van der Waals surface area contributed by atoms with Gasteiger partial charge in [0.2, 0.25) is 0 Å². The molecule has 1 aliphatic rings. The Bertz CT molecular complexity index is 776. The molecule has 1 fully saturated rings. The van der Waals surface area contributed by atoms with E-state index in [-0.39, 0.29) is 0 Å². The highest BCUT2D eigenvalue weighted by Crippen LogP contribution is 2.37. The van der Waals surface area contributed by atoms with Crippen molar-refractivity contribution in [3.05, 3.63) is 47.0 Å².